The molecule has 1 nitrogen and oxygen atoms in total. The van der Waals surface area contributed by atoms with Crippen LogP contribution in [0.15, 0.2) is 10.5 Å². The van der Waals surface area contributed by atoms with Gasteiger partial charge in [-0.25, -0.2) is 0 Å². The van der Waals surface area contributed by atoms with E-state index in [4.69, 9.17) is 27.9 Å². The second kappa shape index (κ2) is 6.25. The average Bonchev–Trinajstić information content (AvgIpc) is 2.56. The molecule has 0 amide bonds. The first-order valence-corrected chi connectivity index (χ1v) is 8.23. The Morgan fingerprint density at radius 2 is 2.29 bits per heavy atom. The third-order valence-electron chi connectivity index (χ3n) is 3.11. The minimum atomic E-state index is 0.0800. The highest BCUT2D eigenvalue weighted by Gasteiger charge is 2.31. The van der Waals surface area contributed by atoms with Gasteiger partial charge in [0.05, 0.1) is 11.5 Å². The number of thiophene rings is 1. The van der Waals surface area contributed by atoms with Gasteiger partial charge < -0.3 is 4.74 Å². The van der Waals surface area contributed by atoms with Crippen molar-refractivity contribution in [3.8, 4) is 0 Å². The molecule has 0 bridgehead atoms. The SMILES string of the molecule is CCOC1CC(CC(Cl)c2cc(Br)c(Cl)s2)C1. The van der Waals surface area contributed by atoms with Crippen LogP contribution in [0.3, 0.4) is 0 Å². The van der Waals surface area contributed by atoms with Crippen LogP contribution in [0.1, 0.15) is 36.4 Å². The average molecular weight is 358 g/mol. The van der Waals surface area contributed by atoms with E-state index in [0.29, 0.717) is 12.0 Å². The van der Waals surface area contributed by atoms with Crippen LogP contribution in [-0.2, 0) is 4.74 Å². The largest absolute Gasteiger partial charge is 0.378 e. The Labute approximate surface area is 125 Å². The van der Waals surface area contributed by atoms with E-state index in [0.717, 1.165) is 39.6 Å². The van der Waals surface area contributed by atoms with Gasteiger partial charge in [0.1, 0.15) is 4.34 Å². The van der Waals surface area contributed by atoms with E-state index in [1.54, 1.807) is 11.3 Å². The van der Waals surface area contributed by atoms with Gasteiger partial charge in [-0.1, -0.05) is 11.6 Å². The molecule has 0 spiro atoms. The predicted molar refractivity (Wildman–Crippen MR) is 78.4 cm³/mol. The molecule has 1 atom stereocenters. The molecule has 1 heterocycles. The molecule has 0 aliphatic heterocycles. The Hall–Kier alpha value is 0.720. The van der Waals surface area contributed by atoms with E-state index in [-0.39, 0.29) is 5.38 Å². The Morgan fingerprint density at radius 3 is 2.82 bits per heavy atom. The minimum Gasteiger partial charge on any atom is -0.378 e. The summed E-state index contributed by atoms with van der Waals surface area (Å²) >= 11 is 17.4. The smallest absolute Gasteiger partial charge is 0.107 e. The van der Waals surface area contributed by atoms with Crippen molar-refractivity contribution in [1.82, 2.24) is 0 Å². The quantitative estimate of drug-likeness (QED) is 0.618. The first-order chi connectivity index (χ1) is 8.10. The van der Waals surface area contributed by atoms with Crippen molar-refractivity contribution in [1.29, 1.82) is 0 Å². The maximum atomic E-state index is 6.41. The molecule has 1 aliphatic rings. The predicted octanol–water partition coefficient (Wildman–Crippen LogP) is 5.65. The van der Waals surface area contributed by atoms with Gasteiger partial charge in [0.25, 0.3) is 0 Å². The zero-order chi connectivity index (χ0) is 12.4. The zero-order valence-electron chi connectivity index (χ0n) is 9.59. The van der Waals surface area contributed by atoms with Gasteiger partial charge in [-0.05, 0) is 54.1 Å². The molecule has 1 aromatic rings. The number of alkyl halides is 1. The van der Waals surface area contributed by atoms with Crippen molar-refractivity contribution in [3.63, 3.8) is 0 Å². The second-order valence-corrected chi connectivity index (χ2v) is 7.46. The van der Waals surface area contributed by atoms with E-state index in [1.165, 1.54) is 0 Å². The summed E-state index contributed by atoms with van der Waals surface area (Å²) in [5.41, 5.74) is 0. The van der Waals surface area contributed by atoms with Crippen LogP contribution in [0.2, 0.25) is 4.34 Å². The maximum absolute atomic E-state index is 6.41. The van der Waals surface area contributed by atoms with Gasteiger partial charge in [-0.3, -0.25) is 0 Å². The first-order valence-electron chi connectivity index (χ1n) is 5.80. The van der Waals surface area contributed by atoms with Crippen molar-refractivity contribution in [2.24, 2.45) is 5.92 Å². The van der Waals surface area contributed by atoms with Gasteiger partial charge in [0, 0.05) is 16.0 Å². The number of hydrogen-bond acceptors (Lipinski definition) is 2. The van der Waals surface area contributed by atoms with Crippen molar-refractivity contribution < 1.29 is 4.74 Å². The summed E-state index contributed by atoms with van der Waals surface area (Å²) in [7, 11) is 0. The molecule has 0 N–H and O–H groups in total. The van der Waals surface area contributed by atoms with Crippen LogP contribution in [-0.4, -0.2) is 12.7 Å². The van der Waals surface area contributed by atoms with E-state index < -0.39 is 0 Å². The van der Waals surface area contributed by atoms with Crippen molar-refractivity contribution in [2.45, 2.75) is 37.7 Å². The van der Waals surface area contributed by atoms with Gasteiger partial charge in [0.2, 0.25) is 0 Å². The Kier molecular flexibility index (Phi) is 5.19. The molecule has 1 fully saturated rings. The highest BCUT2D eigenvalue weighted by molar-refractivity contribution is 9.10. The van der Waals surface area contributed by atoms with Crippen molar-refractivity contribution >= 4 is 50.5 Å². The van der Waals surface area contributed by atoms with Crippen molar-refractivity contribution in [3.05, 3.63) is 19.8 Å². The van der Waals surface area contributed by atoms with Crippen LogP contribution >= 0.6 is 50.5 Å². The minimum absolute atomic E-state index is 0.0800. The molecule has 1 unspecified atom stereocenters. The van der Waals surface area contributed by atoms with Crippen LogP contribution in [0.5, 0.6) is 0 Å². The molecule has 1 aromatic heterocycles. The highest BCUT2D eigenvalue weighted by atomic mass is 79.9. The molecular weight excluding hydrogens is 343 g/mol. The molecule has 17 heavy (non-hydrogen) atoms. The standard InChI is InChI=1S/C12H15BrCl2OS/c1-2-16-8-3-7(4-8)5-10(14)11-6-9(13)12(15)17-11/h6-8,10H,2-5H2,1H3. The molecule has 1 saturated carbocycles. The lowest BCUT2D eigenvalue weighted by Crippen LogP contribution is -2.31. The highest BCUT2D eigenvalue weighted by Crippen LogP contribution is 2.43. The molecule has 0 radical (unpaired) electrons. The van der Waals surface area contributed by atoms with Crippen LogP contribution < -0.4 is 0 Å². The number of rotatable bonds is 5. The lowest BCUT2D eigenvalue weighted by Gasteiger charge is -2.35. The number of ether oxygens (including phenoxy) is 1. The van der Waals surface area contributed by atoms with Crippen LogP contribution in [0, 0.1) is 5.92 Å². The monoisotopic (exact) mass is 356 g/mol. The van der Waals surface area contributed by atoms with Crippen LogP contribution in [0.25, 0.3) is 0 Å². The molecule has 0 saturated heterocycles. The van der Waals surface area contributed by atoms with Crippen LogP contribution in [0.4, 0.5) is 0 Å². The summed E-state index contributed by atoms with van der Waals surface area (Å²) in [6, 6.07) is 2.03. The third kappa shape index (κ3) is 3.60. The van der Waals surface area contributed by atoms with Gasteiger partial charge in [-0.15, -0.1) is 22.9 Å². The van der Waals surface area contributed by atoms with Gasteiger partial charge in [0.15, 0.2) is 0 Å². The van der Waals surface area contributed by atoms with E-state index >= 15 is 0 Å². The number of halogens is 3. The van der Waals surface area contributed by atoms with E-state index in [1.807, 2.05) is 13.0 Å². The summed E-state index contributed by atoms with van der Waals surface area (Å²) in [6.45, 7) is 2.86. The lowest BCUT2D eigenvalue weighted by molar-refractivity contribution is -0.0266. The summed E-state index contributed by atoms with van der Waals surface area (Å²) in [5.74, 6) is 0.703. The normalized spacial score (nSPS) is 25.6. The summed E-state index contributed by atoms with van der Waals surface area (Å²) in [6.07, 6.45) is 3.79. The fourth-order valence-corrected chi connectivity index (χ4v) is 4.34. The maximum Gasteiger partial charge on any atom is 0.107 e. The zero-order valence-corrected chi connectivity index (χ0v) is 13.5. The fourth-order valence-electron chi connectivity index (χ4n) is 2.17. The van der Waals surface area contributed by atoms with E-state index in [9.17, 15) is 0 Å². The molecule has 2 rings (SSSR count). The third-order valence-corrected chi connectivity index (χ3v) is 6.24. The Bertz CT molecular complexity index is 357. The van der Waals surface area contributed by atoms with E-state index in [2.05, 4.69) is 15.9 Å². The fraction of sp³-hybridized carbons (Fsp3) is 0.667. The van der Waals surface area contributed by atoms with Gasteiger partial charge in [-0.2, -0.15) is 0 Å². The molecule has 0 aromatic carbocycles. The topological polar surface area (TPSA) is 9.23 Å². The second-order valence-electron chi connectivity index (χ2n) is 4.39. The molecule has 5 heteroatoms. The Balaban J connectivity index is 1.80. The Morgan fingerprint density at radius 1 is 1.59 bits per heavy atom. The summed E-state index contributed by atoms with van der Waals surface area (Å²) in [4.78, 5) is 1.16. The lowest BCUT2D eigenvalue weighted by atomic mass is 9.79. The summed E-state index contributed by atoms with van der Waals surface area (Å²) in [5, 5.41) is 0.0800. The molecular formula is C12H15BrCl2OS. The molecule has 96 valence electrons. The first kappa shape index (κ1) is 14.1. The number of hydrogen-bond donors (Lipinski definition) is 0. The van der Waals surface area contributed by atoms with Crippen molar-refractivity contribution in [2.75, 3.05) is 6.61 Å². The summed E-state index contributed by atoms with van der Waals surface area (Å²) < 4.78 is 7.28. The molecule has 1 aliphatic carbocycles. The van der Waals surface area contributed by atoms with Gasteiger partial charge >= 0.3 is 0 Å².